The molecule has 0 aliphatic heterocycles. The van der Waals surface area contributed by atoms with E-state index in [4.69, 9.17) is 0 Å². The summed E-state index contributed by atoms with van der Waals surface area (Å²) in [6.07, 6.45) is 13.6. The van der Waals surface area contributed by atoms with Crippen LogP contribution in [0.5, 0.6) is 0 Å². The van der Waals surface area contributed by atoms with Gasteiger partial charge >= 0.3 is 0 Å². The zero-order valence-corrected chi connectivity index (χ0v) is 16.8. The molecule has 0 aliphatic rings. The number of allylic oxidation sites excluding steroid dienone is 8. The van der Waals surface area contributed by atoms with Crippen LogP contribution in [0.4, 0.5) is 10.2 Å². The Morgan fingerprint density at radius 1 is 1.22 bits per heavy atom. The summed E-state index contributed by atoms with van der Waals surface area (Å²) < 4.78 is 13.0. The van der Waals surface area contributed by atoms with Crippen LogP contribution in [-0.4, -0.2) is 4.98 Å². The van der Waals surface area contributed by atoms with Crippen LogP contribution in [0.3, 0.4) is 0 Å². The Morgan fingerprint density at radius 3 is 2.59 bits per heavy atom. The number of hydrogen-bond acceptors (Lipinski definition) is 2. The first-order valence-electron chi connectivity index (χ1n) is 9.27. The van der Waals surface area contributed by atoms with E-state index in [-0.39, 0.29) is 5.82 Å². The minimum atomic E-state index is -0.352. The molecule has 0 amide bonds. The Labute approximate surface area is 163 Å². The second-order valence-corrected chi connectivity index (χ2v) is 6.15. The van der Waals surface area contributed by atoms with Crippen molar-refractivity contribution in [2.45, 2.75) is 47.0 Å². The van der Waals surface area contributed by atoms with Crippen LogP contribution >= 0.6 is 0 Å². The predicted octanol–water partition coefficient (Wildman–Crippen LogP) is 6.74. The molecule has 3 heteroatoms. The summed E-state index contributed by atoms with van der Waals surface area (Å²) in [5.41, 5.74) is 4.35. The molecule has 142 valence electrons. The monoisotopic (exact) mass is 364 g/mol. The first kappa shape index (κ1) is 22.2. The molecule has 0 unspecified atom stereocenters. The SMILES string of the molecule is C=C/C=C\C=C(\C#CC(=C(C)CC)/C(C)=C\Nc1ccc(F)cn1)CCC. The molecule has 0 saturated carbocycles. The molecule has 1 aromatic heterocycles. The van der Waals surface area contributed by atoms with E-state index in [1.165, 1.54) is 17.8 Å². The third kappa shape index (κ3) is 8.37. The first-order valence-corrected chi connectivity index (χ1v) is 9.27. The number of halogens is 1. The van der Waals surface area contributed by atoms with Gasteiger partial charge in [-0.05, 0) is 44.4 Å². The van der Waals surface area contributed by atoms with E-state index in [9.17, 15) is 4.39 Å². The normalized spacial score (nSPS) is 13.1. The fourth-order valence-electron chi connectivity index (χ4n) is 2.28. The van der Waals surface area contributed by atoms with Gasteiger partial charge in [0, 0.05) is 17.3 Å². The van der Waals surface area contributed by atoms with E-state index >= 15 is 0 Å². The minimum Gasteiger partial charge on any atom is -0.346 e. The van der Waals surface area contributed by atoms with Crippen LogP contribution in [0.25, 0.3) is 0 Å². The van der Waals surface area contributed by atoms with Crippen molar-refractivity contribution in [1.82, 2.24) is 4.98 Å². The molecule has 0 fully saturated rings. The Hall–Kier alpha value is -2.86. The average molecular weight is 365 g/mol. The lowest BCUT2D eigenvalue weighted by atomic mass is 10.0. The maximum absolute atomic E-state index is 13.0. The summed E-state index contributed by atoms with van der Waals surface area (Å²) >= 11 is 0. The van der Waals surface area contributed by atoms with Crippen LogP contribution < -0.4 is 5.32 Å². The second-order valence-electron chi connectivity index (χ2n) is 6.15. The Bertz CT molecular complexity index is 797. The van der Waals surface area contributed by atoms with E-state index in [0.717, 1.165) is 36.0 Å². The number of nitrogens with one attached hydrogen (secondary N) is 1. The minimum absolute atomic E-state index is 0.352. The van der Waals surface area contributed by atoms with Crippen LogP contribution in [0.15, 0.2) is 77.7 Å². The van der Waals surface area contributed by atoms with Gasteiger partial charge in [0.1, 0.15) is 11.6 Å². The van der Waals surface area contributed by atoms with E-state index in [2.05, 4.69) is 49.5 Å². The van der Waals surface area contributed by atoms with Gasteiger partial charge in [-0.25, -0.2) is 9.37 Å². The molecule has 2 nitrogen and oxygen atoms in total. The molecule has 0 aromatic carbocycles. The third-order valence-corrected chi connectivity index (χ3v) is 3.93. The Kier molecular flexibility index (Phi) is 10.3. The quantitative estimate of drug-likeness (QED) is 0.408. The highest BCUT2D eigenvalue weighted by Crippen LogP contribution is 2.17. The van der Waals surface area contributed by atoms with Gasteiger partial charge in [-0.2, -0.15) is 0 Å². The smallest absolute Gasteiger partial charge is 0.141 e. The van der Waals surface area contributed by atoms with Gasteiger partial charge in [0.2, 0.25) is 0 Å². The van der Waals surface area contributed by atoms with Crippen LogP contribution in [0.2, 0.25) is 0 Å². The molecule has 1 aromatic rings. The average Bonchev–Trinajstić information content (AvgIpc) is 2.67. The highest BCUT2D eigenvalue weighted by molar-refractivity contribution is 5.52. The van der Waals surface area contributed by atoms with Crippen molar-refractivity contribution < 1.29 is 4.39 Å². The number of rotatable bonds is 8. The fraction of sp³-hybridized carbons (Fsp3) is 0.292. The Balaban J connectivity index is 3.10. The lowest BCUT2D eigenvalue weighted by Crippen LogP contribution is -1.96. The summed E-state index contributed by atoms with van der Waals surface area (Å²) in [4.78, 5) is 4.01. The maximum atomic E-state index is 13.0. The summed E-state index contributed by atoms with van der Waals surface area (Å²) in [7, 11) is 0. The number of anilines is 1. The van der Waals surface area contributed by atoms with Crippen molar-refractivity contribution in [2.24, 2.45) is 0 Å². The molecule has 0 saturated heterocycles. The number of pyridine rings is 1. The second kappa shape index (κ2) is 12.5. The molecule has 0 atom stereocenters. The van der Waals surface area contributed by atoms with Crippen LogP contribution in [-0.2, 0) is 0 Å². The van der Waals surface area contributed by atoms with Crippen molar-refractivity contribution >= 4 is 5.82 Å². The zero-order chi connectivity index (χ0) is 20.1. The van der Waals surface area contributed by atoms with Gasteiger partial charge in [0.15, 0.2) is 0 Å². The standard InChI is InChI=1S/C24H29FN2/c1-6-9-10-12-21(11-7-2)13-15-23(19(4)8-3)20(5)17-26-24-16-14-22(25)18-27-24/h6,9-10,12,14,16-18H,1,7-8,11H2,2-5H3,(H,26,27)/b10-9-,20-17-,21-12+,23-19?. The van der Waals surface area contributed by atoms with Gasteiger partial charge in [0.25, 0.3) is 0 Å². The predicted molar refractivity (Wildman–Crippen MR) is 115 cm³/mol. The molecule has 27 heavy (non-hydrogen) atoms. The molecular formula is C24H29FN2. The van der Waals surface area contributed by atoms with Crippen molar-refractivity contribution in [2.75, 3.05) is 5.32 Å². The fourth-order valence-corrected chi connectivity index (χ4v) is 2.28. The van der Waals surface area contributed by atoms with Crippen molar-refractivity contribution in [3.63, 3.8) is 0 Å². The molecule has 0 bridgehead atoms. The molecule has 1 rings (SSSR count). The number of aromatic nitrogens is 1. The highest BCUT2D eigenvalue weighted by atomic mass is 19.1. The molecule has 1 N–H and O–H groups in total. The first-order chi connectivity index (χ1) is 13.0. The molecular weight excluding hydrogens is 335 g/mol. The number of hydrogen-bond donors (Lipinski definition) is 1. The number of nitrogens with zero attached hydrogens (tertiary/aromatic N) is 1. The van der Waals surface area contributed by atoms with Gasteiger partial charge in [-0.3, -0.25) is 0 Å². The van der Waals surface area contributed by atoms with Gasteiger partial charge in [-0.1, -0.05) is 68.6 Å². The Morgan fingerprint density at radius 2 is 2.00 bits per heavy atom. The highest BCUT2D eigenvalue weighted by Gasteiger charge is 2.02. The van der Waals surface area contributed by atoms with Crippen molar-refractivity contribution in [3.8, 4) is 11.8 Å². The largest absolute Gasteiger partial charge is 0.346 e. The van der Waals surface area contributed by atoms with E-state index in [1.54, 1.807) is 12.1 Å². The van der Waals surface area contributed by atoms with Crippen LogP contribution in [0.1, 0.15) is 47.0 Å². The van der Waals surface area contributed by atoms with Gasteiger partial charge in [0.05, 0.1) is 6.20 Å². The van der Waals surface area contributed by atoms with Gasteiger partial charge in [-0.15, -0.1) is 0 Å². The lowest BCUT2D eigenvalue weighted by Gasteiger charge is -2.07. The summed E-state index contributed by atoms with van der Waals surface area (Å²) in [5, 5.41) is 3.11. The van der Waals surface area contributed by atoms with E-state index < -0.39 is 0 Å². The van der Waals surface area contributed by atoms with Crippen molar-refractivity contribution in [1.29, 1.82) is 0 Å². The zero-order valence-electron chi connectivity index (χ0n) is 16.8. The molecule has 1 heterocycles. The lowest BCUT2D eigenvalue weighted by molar-refractivity contribution is 0.622. The molecule has 0 aliphatic carbocycles. The third-order valence-electron chi connectivity index (χ3n) is 3.93. The topological polar surface area (TPSA) is 24.9 Å². The maximum Gasteiger partial charge on any atom is 0.141 e. The van der Waals surface area contributed by atoms with E-state index in [0.29, 0.717) is 5.82 Å². The van der Waals surface area contributed by atoms with Gasteiger partial charge < -0.3 is 5.32 Å². The van der Waals surface area contributed by atoms with Crippen molar-refractivity contribution in [3.05, 3.63) is 83.5 Å². The molecule has 0 radical (unpaired) electrons. The summed E-state index contributed by atoms with van der Waals surface area (Å²) in [5.74, 6) is 6.90. The summed E-state index contributed by atoms with van der Waals surface area (Å²) in [6, 6.07) is 2.99. The van der Waals surface area contributed by atoms with E-state index in [1.807, 2.05) is 31.4 Å². The summed E-state index contributed by atoms with van der Waals surface area (Å²) in [6.45, 7) is 12.1. The van der Waals surface area contributed by atoms with Crippen LogP contribution in [0, 0.1) is 17.7 Å². The molecule has 0 spiro atoms.